The number of benzene rings is 1. The first kappa shape index (κ1) is 14.7. The molecule has 1 aromatic heterocycles. The predicted molar refractivity (Wildman–Crippen MR) is 80.0 cm³/mol. The van der Waals surface area contributed by atoms with Crippen molar-refractivity contribution in [3.05, 3.63) is 50.7 Å². The molecule has 6 nitrogen and oxygen atoms in total. The SMILES string of the molecule is CC(C)(CN)c1nn(-c2cccc([N+](=O)[O-])c2)cc1Br. The van der Waals surface area contributed by atoms with Gasteiger partial charge in [-0.25, -0.2) is 4.68 Å². The molecule has 0 radical (unpaired) electrons. The monoisotopic (exact) mass is 338 g/mol. The Balaban J connectivity index is 2.47. The summed E-state index contributed by atoms with van der Waals surface area (Å²) in [4.78, 5) is 10.4. The molecule has 1 aromatic carbocycles. The number of nitro benzene ring substituents is 1. The Hall–Kier alpha value is -1.73. The van der Waals surface area contributed by atoms with Crippen LogP contribution in [0.3, 0.4) is 0 Å². The molecule has 2 N–H and O–H groups in total. The summed E-state index contributed by atoms with van der Waals surface area (Å²) in [6.07, 6.45) is 1.78. The second-order valence-corrected chi connectivity index (χ2v) is 5.99. The van der Waals surface area contributed by atoms with E-state index in [1.54, 1.807) is 23.0 Å². The lowest BCUT2D eigenvalue weighted by atomic mass is 9.90. The smallest absolute Gasteiger partial charge is 0.271 e. The molecule has 0 saturated carbocycles. The van der Waals surface area contributed by atoms with E-state index >= 15 is 0 Å². The van der Waals surface area contributed by atoms with Crippen molar-refractivity contribution < 1.29 is 4.92 Å². The Kier molecular flexibility index (Phi) is 3.92. The highest BCUT2D eigenvalue weighted by molar-refractivity contribution is 9.10. The maximum absolute atomic E-state index is 10.8. The summed E-state index contributed by atoms with van der Waals surface area (Å²) in [6.45, 7) is 4.45. The first-order chi connectivity index (χ1) is 9.35. The molecular weight excluding hydrogens is 324 g/mol. The number of non-ortho nitro benzene ring substituents is 1. The highest BCUT2D eigenvalue weighted by Gasteiger charge is 2.25. The number of rotatable bonds is 4. The van der Waals surface area contributed by atoms with Crippen LogP contribution in [0, 0.1) is 10.1 Å². The van der Waals surface area contributed by atoms with Crippen LogP contribution in [-0.4, -0.2) is 21.2 Å². The minimum atomic E-state index is -0.424. The summed E-state index contributed by atoms with van der Waals surface area (Å²) in [5.74, 6) is 0. The van der Waals surface area contributed by atoms with Crippen molar-refractivity contribution >= 4 is 21.6 Å². The van der Waals surface area contributed by atoms with E-state index in [2.05, 4.69) is 21.0 Å². The molecule has 0 aliphatic carbocycles. The van der Waals surface area contributed by atoms with Gasteiger partial charge in [-0.1, -0.05) is 19.9 Å². The van der Waals surface area contributed by atoms with Gasteiger partial charge >= 0.3 is 0 Å². The van der Waals surface area contributed by atoms with Crippen LogP contribution >= 0.6 is 15.9 Å². The lowest BCUT2D eigenvalue weighted by Gasteiger charge is -2.20. The van der Waals surface area contributed by atoms with Crippen LogP contribution in [0.5, 0.6) is 0 Å². The number of hydrogen-bond donors (Lipinski definition) is 1. The van der Waals surface area contributed by atoms with Crippen LogP contribution in [0.1, 0.15) is 19.5 Å². The molecule has 2 rings (SSSR count). The number of halogens is 1. The van der Waals surface area contributed by atoms with Gasteiger partial charge in [0.15, 0.2) is 0 Å². The van der Waals surface area contributed by atoms with Crippen LogP contribution in [0.2, 0.25) is 0 Å². The molecule has 106 valence electrons. The van der Waals surface area contributed by atoms with E-state index in [0.29, 0.717) is 12.2 Å². The average molecular weight is 339 g/mol. The van der Waals surface area contributed by atoms with Crippen molar-refractivity contribution in [1.29, 1.82) is 0 Å². The Bertz CT molecular complexity index is 652. The molecule has 0 saturated heterocycles. The number of aromatic nitrogens is 2. The fourth-order valence-corrected chi connectivity index (χ4v) is 2.60. The van der Waals surface area contributed by atoms with Gasteiger partial charge in [0.05, 0.1) is 20.8 Å². The van der Waals surface area contributed by atoms with E-state index in [-0.39, 0.29) is 11.1 Å². The van der Waals surface area contributed by atoms with Crippen LogP contribution in [0.25, 0.3) is 5.69 Å². The van der Waals surface area contributed by atoms with Crippen LogP contribution in [-0.2, 0) is 5.41 Å². The van der Waals surface area contributed by atoms with Crippen molar-refractivity contribution in [2.75, 3.05) is 6.54 Å². The van der Waals surface area contributed by atoms with Crippen molar-refractivity contribution in [2.45, 2.75) is 19.3 Å². The van der Waals surface area contributed by atoms with Crippen molar-refractivity contribution in [2.24, 2.45) is 5.73 Å². The van der Waals surface area contributed by atoms with Gasteiger partial charge in [-0.3, -0.25) is 10.1 Å². The summed E-state index contributed by atoms with van der Waals surface area (Å²) in [5, 5.41) is 15.3. The molecule has 0 aliphatic rings. The van der Waals surface area contributed by atoms with Gasteiger partial charge in [-0.2, -0.15) is 5.10 Å². The number of hydrogen-bond acceptors (Lipinski definition) is 4. The summed E-state index contributed by atoms with van der Waals surface area (Å²) < 4.78 is 2.45. The maximum Gasteiger partial charge on any atom is 0.271 e. The Morgan fingerprint density at radius 3 is 2.80 bits per heavy atom. The van der Waals surface area contributed by atoms with Gasteiger partial charge in [0.25, 0.3) is 5.69 Å². The van der Waals surface area contributed by atoms with Crippen molar-refractivity contribution in [1.82, 2.24) is 9.78 Å². The molecule has 0 fully saturated rings. The first-order valence-electron chi connectivity index (χ1n) is 6.05. The lowest BCUT2D eigenvalue weighted by Crippen LogP contribution is -2.29. The fourth-order valence-electron chi connectivity index (χ4n) is 1.79. The third kappa shape index (κ3) is 2.73. The highest BCUT2D eigenvalue weighted by atomic mass is 79.9. The molecule has 7 heteroatoms. The van der Waals surface area contributed by atoms with Gasteiger partial charge in [0.2, 0.25) is 0 Å². The van der Waals surface area contributed by atoms with Gasteiger partial charge in [0.1, 0.15) is 0 Å². The van der Waals surface area contributed by atoms with Crippen LogP contribution in [0.15, 0.2) is 34.9 Å². The summed E-state index contributed by atoms with van der Waals surface area (Å²) in [7, 11) is 0. The van der Waals surface area contributed by atoms with Gasteiger partial charge in [-0.05, 0) is 22.0 Å². The van der Waals surface area contributed by atoms with E-state index in [1.165, 1.54) is 12.1 Å². The van der Waals surface area contributed by atoms with Crippen LogP contribution < -0.4 is 5.73 Å². The first-order valence-corrected chi connectivity index (χ1v) is 6.85. The number of nitro groups is 1. The van der Waals surface area contributed by atoms with Crippen molar-refractivity contribution in [3.63, 3.8) is 0 Å². The molecule has 0 spiro atoms. The molecular formula is C13H15BrN4O2. The van der Waals surface area contributed by atoms with E-state index < -0.39 is 4.92 Å². The zero-order valence-corrected chi connectivity index (χ0v) is 12.8. The third-order valence-electron chi connectivity index (χ3n) is 3.13. The summed E-state index contributed by atoms with van der Waals surface area (Å²) in [6, 6.07) is 6.34. The highest BCUT2D eigenvalue weighted by Crippen LogP contribution is 2.29. The summed E-state index contributed by atoms with van der Waals surface area (Å²) >= 11 is 3.47. The quantitative estimate of drug-likeness (QED) is 0.685. The Labute approximate surface area is 124 Å². The molecule has 0 unspecified atom stereocenters. The number of nitrogens with zero attached hydrogens (tertiary/aromatic N) is 3. The molecule has 0 amide bonds. The third-order valence-corrected chi connectivity index (χ3v) is 3.71. The zero-order chi connectivity index (χ0) is 14.9. The minimum Gasteiger partial charge on any atom is -0.330 e. The van der Waals surface area contributed by atoms with Gasteiger partial charge in [0, 0.05) is 30.3 Å². The van der Waals surface area contributed by atoms with E-state index in [4.69, 9.17) is 5.73 Å². The second kappa shape index (κ2) is 5.34. The van der Waals surface area contributed by atoms with Crippen LogP contribution in [0.4, 0.5) is 5.69 Å². The summed E-state index contributed by atoms with van der Waals surface area (Å²) in [5.41, 5.74) is 6.99. The molecule has 1 heterocycles. The second-order valence-electron chi connectivity index (χ2n) is 5.14. The van der Waals surface area contributed by atoms with Gasteiger partial charge < -0.3 is 5.73 Å². The molecule has 20 heavy (non-hydrogen) atoms. The lowest BCUT2D eigenvalue weighted by molar-refractivity contribution is -0.384. The maximum atomic E-state index is 10.8. The molecule has 0 aliphatic heterocycles. The van der Waals surface area contributed by atoms with Crippen molar-refractivity contribution in [3.8, 4) is 5.69 Å². The van der Waals surface area contributed by atoms with E-state index in [1.807, 2.05) is 13.8 Å². The standard InChI is InChI=1S/C13H15BrN4O2/c1-13(2,8-15)12-11(14)7-17(16-12)9-4-3-5-10(6-9)18(19)20/h3-7H,8,15H2,1-2H3. The Morgan fingerprint density at radius 2 is 2.20 bits per heavy atom. The Morgan fingerprint density at radius 1 is 1.50 bits per heavy atom. The van der Waals surface area contributed by atoms with E-state index in [9.17, 15) is 10.1 Å². The number of nitrogens with two attached hydrogens (primary N) is 1. The fraction of sp³-hybridized carbons (Fsp3) is 0.308. The topological polar surface area (TPSA) is 87.0 Å². The molecule has 2 aromatic rings. The normalized spacial score (nSPS) is 11.6. The van der Waals surface area contributed by atoms with Gasteiger partial charge in [-0.15, -0.1) is 0 Å². The molecule has 0 bridgehead atoms. The predicted octanol–water partition coefficient (Wildman–Crippen LogP) is 2.78. The largest absolute Gasteiger partial charge is 0.330 e. The average Bonchev–Trinajstić information content (AvgIpc) is 2.82. The molecule has 0 atom stereocenters. The minimum absolute atomic E-state index is 0.0359. The zero-order valence-electron chi connectivity index (χ0n) is 11.2. The van der Waals surface area contributed by atoms with E-state index in [0.717, 1.165) is 10.2 Å².